The standard InChI is InChI=1S/C39H15N9/c1-48-39-15-32(21-44)14-35(16-39)38(24-47)9-27-3-25(7-36(22-45)33-10-28(17-40)5-29(11-33)18-41)2-26(4-27)8-37(23-46)34-12-30(19-42)6-31(13-34)20-43/h2-16H/b36-7+,37-8+,38-9+. The molecule has 48 heavy (non-hydrogen) atoms. The van der Waals surface area contributed by atoms with E-state index in [-0.39, 0.29) is 50.2 Å². The smallest absolute Gasteiger partial charge is 0.189 e. The molecule has 0 unspecified atom stereocenters. The minimum Gasteiger partial charge on any atom is -0.238 e. The summed E-state index contributed by atoms with van der Waals surface area (Å²) < 4.78 is 0. The largest absolute Gasteiger partial charge is 0.238 e. The van der Waals surface area contributed by atoms with Gasteiger partial charge in [0.05, 0.1) is 94.1 Å². The first-order valence-corrected chi connectivity index (χ1v) is 13.6. The van der Waals surface area contributed by atoms with E-state index >= 15 is 0 Å². The van der Waals surface area contributed by atoms with Crippen LogP contribution in [0.25, 0.3) is 39.8 Å². The zero-order chi connectivity index (χ0) is 34.6. The lowest BCUT2D eigenvalue weighted by molar-refractivity contribution is 1.43. The maximum absolute atomic E-state index is 10.1. The lowest BCUT2D eigenvalue weighted by Crippen LogP contribution is -1.90. The van der Waals surface area contributed by atoms with Crippen molar-refractivity contribution >= 4 is 40.6 Å². The molecule has 4 rings (SSSR count). The van der Waals surface area contributed by atoms with Gasteiger partial charge in [-0.1, -0.05) is 0 Å². The number of nitrogens with zero attached hydrogens (tertiary/aromatic N) is 9. The van der Waals surface area contributed by atoms with Crippen LogP contribution in [0.2, 0.25) is 0 Å². The molecule has 4 aromatic rings. The van der Waals surface area contributed by atoms with Crippen LogP contribution in [0.3, 0.4) is 0 Å². The van der Waals surface area contributed by atoms with Gasteiger partial charge in [-0.3, -0.25) is 0 Å². The molecule has 0 bridgehead atoms. The number of hydrogen-bond donors (Lipinski definition) is 0. The fraction of sp³-hybridized carbons (Fsp3) is 0. The highest BCUT2D eigenvalue weighted by Crippen LogP contribution is 2.29. The van der Waals surface area contributed by atoms with Crippen molar-refractivity contribution in [1.29, 1.82) is 42.1 Å². The van der Waals surface area contributed by atoms with Crippen LogP contribution in [0, 0.1) is 97.2 Å². The molecule has 0 aliphatic rings. The third-order valence-corrected chi connectivity index (χ3v) is 6.79. The fourth-order valence-corrected chi connectivity index (χ4v) is 4.71. The van der Waals surface area contributed by atoms with Crippen molar-refractivity contribution in [2.75, 3.05) is 0 Å². The first-order valence-electron chi connectivity index (χ1n) is 13.6. The van der Waals surface area contributed by atoms with Crippen molar-refractivity contribution in [2.24, 2.45) is 0 Å². The summed E-state index contributed by atoms with van der Waals surface area (Å²) in [5, 5.41) is 77.4. The summed E-state index contributed by atoms with van der Waals surface area (Å²) in [6.07, 6.45) is 4.59. The molecule has 0 saturated carbocycles. The van der Waals surface area contributed by atoms with E-state index < -0.39 is 0 Å². The fourth-order valence-electron chi connectivity index (χ4n) is 4.71. The normalized spacial score (nSPS) is 10.7. The molecule has 0 amide bonds. The first-order chi connectivity index (χ1) is 23.3. The van der Waals surface area contributed by atoms with Crippen LogP contribution in [-0.2, 0) is 0 Å². The van der Waals surface area contributed by atoms with E-state index in [1.165, 1.54) is 72.8 Å². The monoisotopic (exact) mass is 609 g/mol. The molecule has 216 valence electrons. The Bertz CT molecular complexity index is 2110. The zero-order valence-electron chi connectivity index (χ0n) is 24.7. The highest BCUT2D eigenvalue weighted by atomic mass is 14.6. The molecule has 0 aliphatic carbocycles. The second kappa shape index (κ2) is 14.8. The average Bonchev–Trinajstić information content (AvgIpc) is 3.13. The van der Waals surface area contributed by atoms with Crippen molar-refractivity contribution in [3.63, 3.8) is 0 Å². The van der Waals surface area contributed by atoms with Gasteiger partial charge in [-0.25, -0.2) is 4.85 Å². The van der Waals surface area contributed by atoms with Crippen LogP contribution in [-0.4, -0.2) is 0 Å². The van der Waals surface area contributed by atoms with E-state index in [2.05, 4.69) is 23.1 Å². The molecule has 0 fully saturated rings. The van der Waals surface area contributed by atoms with E-state index in [0.29, 0.717) is 33.4 Å². The summed E-state index contributed by atoms with van der Waals surface area (Å²) in [4.78, 5) is 3.39. The molecule has 0 heterocycles. The van der Waals surface area contributed by atoms with Gasteiger partial charge in [-0.15, -0.1) is 0 Å². The molecule has 0 aromatic heterocycles. The van der Waals surface area contributed by atoms with E-state index in [1.807, 2.05) is 30.3 Å². The minimum atomic E-state index is 0.129. The van der Waals surface area contributed by atoms with Gasteiger partial charge >= 0.3 is 0 Å². The molecule has 9 nitrogen and oxygen atoms in total. The van der Waals surface area contributed by atoms with Gasteiger partial charge in [0.1, 0.15) is 0 Å². The summed E-state index contributed by atoms with van der Waals surface area (Å²) in [5.74, 6) is 0. The van der Waals surface area contributed by atoms with Crippen molar-refractivity contribution in [3.05, 3.63) is 145 Å². The second-order valence-corrected chi connectivity index (χ2v) is 9.98. The molecular weight excluding hydrogens is 594 g/mol. The summed E-state index contributed by atoms with van der Waals surface area (Å²) in [5.41, 5.74) is 3.91. The lowest BCUT2D eigenvalue weighted by atomic mass is 9.95. The summed E-state index contributed by atoms with van der Waals surface area (Å²) in [7, 11) is 0. The van der Waals surface area contributed by atoms with Crippen LogP contribution in [0.4, 0.5) is 5.69 Å². The number of benzene rings is 4. The Morgan fingerprint density at radius 2 is 0.708 bits per heavy atom. The molecule has 0 aliphatic heterocycles. The molecule has 4 aromatic carbocycles. The lowest BCUT2D eigenvalue weighted by Gasteiger charge is -2.08. The van der Waals surface area contributed by atoms with Crippen molar-refractivity contribution in [2.45, 2.75) is 0 Å². The van der Waals surface area contributed by atoms with Gasteiger partial charge in [0, 0.05) is 5.56 Å². The van der Waals surface area contributed by atoms with Gasteiger partial charge in [-0.2, -0.15) is 42.1 Å². The molecule has 0 N–H and O–H groups in total. The van der Waals surface area contributed by atoms with Gasteiger partial charge in [-0.05, 0) is 124 Å². The third kappa shape index (κ3) is 7.53. The maximum atomic E-state index is 10.1. The second-order valence-electron chi connectivity index (χ2n) is 9.98. The van der Waals surface area contributed by atoms with Gasteiger partial charge < -0.3 is 0 Å². The predicted molar refractivity (Wildman–Crippen MR) is 176 cm³/mol. The van der Waals surface area contributed by atoms with Crippen molar-refractivity contribution < 1.29 is 0 Å². The molecule has 9 heteroatoms. The summed E-state index contributed by atoms with van der Waals surface area (Å²) in [6, 6.07) is 34.3. The van der Waals surface area contributed by atoms with E-state index in [9.17, 15) is 42.1 Å². The Balaban J connectivity index is 1.99. The van der Waals surface area contributed by atoms with Gasteiger partial charge in [0.2, 0.25) is 0 Å². The van der Waals surface area contributed by atoms with Crippen LogP contribution >= 0.6 is 0 Å². The number of hydrogen-bond acceptors (Lipinski definition) is 8. The van der Waals surface area contributed by atoms with Crippen LogP contribution in [0.5, 0.6) is 0 Å². The maximum Gasteiger partial charge on any atom is 0.189 e. The quantitative estimate of drug-likeness (QED) is 0.120. The highest BCUT2D eigenvalue weighted by Gasteiger charge is 2.11. The SMILES string of the molecule is [C-]#[N+]c1cc(C#N)cc(/C(C#N)=C/c2cc(/C=C(\C#N)c3cc(C#N)cc(C#N)c3)cc(/C=C(\C#N)c3cc(C#N)cc(C#N)c3)c2)c1. The van der Waals surface area contributed by atoms with Crippen molar-refractivity contribution in [3.8, 4) is 48.6 Å². The van der Waals surface area contributed by atoms with E-state index in [1.54, 1.807) is 18.2 Å². The van der Waals surface area contributed by atoms with Crippen LogP contribution in [0.15, 0.2) is 72.8 Å². The molecule has 0 atom stereocenters. The number of nitriles is 8. The first kappa shape index (κ1) is 32.4. The average molecular weight is 610 g/mol. The van der Waals surface area contributed by atoms with E-state index in [0.717, 1.165) is 0 Å². The predicted octanol–water partition coefficient (Wildman–Crippen LogP) is 7.79. The van der Waals surface area contributed by atoms with Gasteiger partial charge in [0.25, 0.3) is 0 Å². The topological polar surface area (TPSA) is 195 Å². The third-order valence-electron chi connectivity index (χ3n) is 6.79. The number of allylic oxidation sites excluding steroid dienone is 3. The van der Waals surface area contributed by atoms with Crippen molar-refractivity contribution in [1.82, 2.24) is 0 Å². The Labute approximate surface area is 276 Å². The molecule has 0 spiro atoms. The Morgan fingerprint density at radius 1 is 0.417 bits per heavy atom. The minimum absolute atomic E-state index is 0.129. The molecular formula is C39H15N9. The zero-order valence-corrected chi connectivity index (χ0v) is 24.7. The highest BCUT2D eigenvalue weighted by molar-refractivity contribution is 5.95. The summed E-state index contributed by atoms with van der Waals surface area (Å²) in [6.45, 7) is 7.38. The Kier molecular flexibility index (Phi) is 10.00. The molecule has 0 radical (unpaired) electrons. The van der Waals surface area contributed by atoms with Crippen LogP contribution < -0.4 is 0 Å². The summed E-state index contributed by atoms with van der Waals surface area (Å²) >= 11 is 0. The Hall–Kier alpha value is -8.49. The Morgan fingerprint density at radius 3 is 0.979 bits per heavy atom. The number of rotatable bonds is 6. The van der Waals surface area contributed by atoms with E-state index in [4.69, 9.17) is 6.57 Å². The molecule has 0 saturated heterocycles. The van der Waals surface area contributed by atoms with Gasteiger partial charge in [0.15, 0.2) is 5.69 Å². The van der Waals surface area contributed by atoms with Crippen LogP contribution in [0.1, 0.15) is 61.2 Å².